The van der Waals surface area contributed by atoms with Crippen LogP contribution in [0.2, 0.25) is 0 Å². The molecule has 2 N–H and O–H groups in total. The average Bonchev–Trinajstić information content (AvgIpc) is 3.12. The molecule has 27 heavy (non-hydrogen) atoms. The molecule has 3 aromatic rings. The quantitative estimate of drug-likeness (QED) is 0.540. The molecule has 6 heteroatoms. The van der Waals surface area contributed by atoms with Gasteiger partial charge in [0, 0.05) is 28.2 Å². The minimum atomic E-state index is -0.900. The zero-order valence-corrected chi connectivity index (χ0v) is 14.6. The van der Waals surface area contributed by atoms with Crippen molar-refractivity contribution in [3.05, 3.63) is 48.5 Å². The summed E-state index contributed by atoms with van der Waals surface area (Å²) in [4.78, 5) is 25.4. The van der Waals surface area contributed by atoms with E-state index in [-0.39, 0.29) is 25.4 Å². The van der Waals surface area contributed by atoms with Gasteiger partial charge in [0.25, 0.3) is 5.91 Å². The summed E-state index contributed by atoms with van der Waals surface area (Å²) in [5.41, 5.74) is 2.00. The molecule has 0 bridgehead atoms. The first-order valence-electron chi connectivity index (χ1n) is 8.79. The summed E-state index contributed by atoms with van der Waals surface area (Å²) in [6.45, 7) is 0.192. The van der Waals surface area contributed by atoms with E-state index in [1.807, 2.05) is 53.1 Å². The van der Waals surface area contributed by atoms with Crippen LogP contribution < -0.4 is 5.32 Å². The highest BCUT2D eigenvalue weighted by Gasteiger charge is 2.38. The molecule has 4 rings (SSSR count). The fraction of sp³-hybridized carbons (Fsp3) is 0.238. The number of rotatable bonds is 5. The van der Waals surface area contributed by atoms with Crippen molar-refractivity contribution in [2.45, 2.75) is 25.1 Å². The third-order valence-corrected chi connectivity index (χ3v) is 4.90. The zero-order chi connectivity index (χ0) is 19.0. The molecule has 0 saturated carbocycles. The number of nitrogens with one attached hydrogen (secondary N) is 1. The molecule has 1 aliphatic heterocycles. The Hall–Kier alpha value is -3.30. The number of imide groups is 1. The Morgan fingerprint density at radius 1 is 1.04 bits per heavy atom. The van der Waals surface area contributed by atoms with Gasteiger partial charge in [-0.2, -0.15) is 0 Å². The first kappa shape index (κ1) is 17.1. The molecule has 6 nitrogen and oxygen atoms in total. The van der Waals surface area contributed by atoms with Gasteiger partial charge in [-0.05, 0) is 12.1 Å². The van der Waals surface area contributed by atoms with E-state index in [1.165, 1.54) is 0 Å². The number of benzene rings is 2. The third kappa shape index (κ3) is 2.92. The Labute approximate surface area is 156 Å². The van der Waals surface area contributed by atoms with Crippen LogP contribution in [0, 0.1) is 12.3 Å². The van der Waals surface area contributed by atoms with Crippen molar-refractivity contribution >= 4 is 33.7 Å². The van der Waals surface area contributed by atoms with Crippen LogP contribution in [0.1, 0.15) is 6.42 Å². The monoisotopic (exact) mass is 361 g/mol. The molecule has 2 heterocycles. The van der Waals surface area contributed by atoms with Crippen molar-refractivity contribution in [2.24, 2.45) is 0 Å². The number of para-hydroxylation sites is 2. The normalized spacial score (nSPS) is 18.1. The molecule has 0 radical (unpaired) electrons. The van der Waals surface area contributed by atoms with E-state index in [0.29, 0.717) is 0 Å². The highest BCUT2D eigenvalue weighted by atomic mass is 16.3. The first-order chi connectivity index (χ1) is 13.1. The largest absolute Gasteiger partial charge is 0.389 e. The molecule has 2 atom stereocenters. The Morgan fingerprint density at radius 2 is 1.63 bits per heavy atom. The Bertz CT molecular complexity index is 1030. The number of amides is 3. The molecular formula is C21H19N3O3. The molecule has 2 aromatic carbocycles. The van der Waals surface area contributed by atoms with Crippen molar-refractivity contribution in [3.8, 4) is 12.3 Å². The molecule has 0 aliphatic carbocycles. The Morgan fingerprint density at radius 3 is 2.22 bits per heavy atom. The maximum absolute atomic E-state index is 12.3. The Balaban J connectivity index is 1.60. The molecule has 136 valence electrons. The van der Waals surface area contributed by atoms with Gasteiger partial charge >= 0.3 is 6.03 Å². The van der Waals surface area contributed by atoms with E-state index in [4.69, 9.17) is 6.42 Å². The minimum Gasteiger partial charge on any atom is -0.389 e. The SMILES string of the molecule is C#CC[C@H]1NC(=O)N(C[C@H](O)Cn2c3ccccc3c3ccccc32)C1=O. The lowest BCUT2D eigenvalue weighted by atomic mass is 10.2. The van der Waals surface area contributed by atoms with Crippen molar-refractivity contribution in [1.82, 2.24) is 14.8 Å². The summed E-state index contributed by atoms with van der Waals surface area (Å²) < 4.78 is 2.02. The predicted octanol–water partition coefficient (Wildman–Crippen LogP) is 2.10. The van der Waals surface area contributed by atoms with E-state index in [0.717, 1.165) is 26.7 Å². The minimum absolute atomic E-state index is 0.0768. The van der Waals surface area contributed by atoms with Gasteiger partial charge in [-0.3, -0.25) is 9.69 Å². The van der Waals surface area contributed by atoms with Crippen LogP contribution in [0.3, 0.4) is 0 Å². The lowest BCUT2D eigenvalue weighted by Crippen LogP contribution is -2.39. The lowest BCUT2D eigenvalue weighted by molar-refractivity contribution is -0.128. The summed E-state index contributed by atoms with van der Waals surface area (Å²) in [5, 5.41) is 15.4. The second-order valence-corrected chi connectivity index (χ2v) is 6.66. The van der Waals surface area contributed by atoms with E-state index >= 15 is 0 Å². The highest BCUT2D eigenvalue weighted by Crippen LogP contribution is 2.29. The number of carbonyl (C=O) groups is 2. The maximum Gasteiger partial charge on any atom is 0.324 e. The maximum atomic E-state index is 12.3. The highest BCUT2D eigenvalue weighted by molar-refractivity contribution is 6.08. The summed E-state index contributed by atoms with van der Waals surface area (Å²) in [6, 6.07) is 14.7. The average molecular weight is 361 g/mol. The number of urea groups is 1. The molecule has 3 amide bonds. The van der Waals surface area contributed by atoms with E-state index < -0.39 is 18.2 Å². The van der Waals surface area contributed by atoms with Crippen molar-refractivity contribution in [2.75, 3.05) is 6.54 Å². The number of carbonyl (C=O) groups excluding carboxylic acids is 2. The zero-order valence-electron chi connectivity index (χ0n) is 14.6. The standard InChI is InChI=1S/C21H19N3O3/c1-2-7-17-20(26)24(21(27)22-17)13-14(25)12-23-18-10-5-3-8-15(18)16-9-4-6-11-19(16)23/h1,3-6,8-11,14,17,25H,7,12-13H2,(H,22,27)/t14-,17-/m1/s1. The van der Waals surface area contributed by atoms with E-state index in [1.54, 1.807) is 0 Å². The van der Waals surface area contributed by atoms with Gasteiger partial charge in [0.05, 0.1) is 19.2 Å². The van der Waals surface area contributed by atoms with Crippen molar-refractivity contribution < 1.29 is 14.7 Å². The second kappa shape index (κ2) is 6.78. The molecule has 1 saturated heterocycles. The molecular weight excluding hydrogens is 342 g/mol. The van der Waals surface area contributed by atoms with Crippen LogP contribution in [0.4, 0.5) is 4.79 Å². The third-order valence-electron chi connectivity index (χ3n) is 4.90. The second-order valence-electron chi connectivity index (χ2n) is 6.66. The van der Waals surface area contributed by atoms with E-state index in [9.17, 15) is 14.7 Å². The van der Waals surface area contributed by atoms with Gasteiger partial charge in [0.2, 0.25) is 0 Å². The number of nitrogens with zero attached hydrogens (tertiary/aromatic N) is 2. The van der Waals surface area contributed by atoms with Crippen LogP contribution >= 0.6 is 0 Å². The number of aliphatic hydroxyl groups excluding tert-OH is 1. The van der Waals surface area contributed by atoms with Crippen molar-refractivity contribution in [1.29, 1.82) is 0 Å². The van der Waals surface area contributed by atoms with Crippen molar-refractivity contribution in [3.63, 3.8) is 0 Å². The van der Waals surface area contributed by atoms with Gasteiger partial charge < -0.3 is 15.0 Å². The van der Waals surface area contributed by atoms with Crippen LogP contribution in [0.25, 0.3) is 21.8 Å². The number of aliphatic hydroxyl groups is 1. The predicted molar refractivity (Wildman–Crippen MR) is 103 cm³/mol. The van der Waals surface area contributed by atoms with Crippen LogP contribution in [0.15, 0.2) is 48.5 Å². The summed E-state index contributed by atoms with van der Waals surface area (Å²) in [7, 11) is 0. The van der Waals surface area contributed by atoms with Gasteiger partial charge in [-0.15, -0.1) is 12.3 Å². The summed E-state index contributed by atoms with van der Waals surface area (Å²) >= 11 is 0. The van der Waals surface area contributed by atoms with Crippen LogP contribution in [-0.4, -0.2) is 45.2 Å². The molecule has 1 aliphatic rings. The van der Waals surface area contributed by atoms with E-state index in [2.05, 4.69) is 11.2 Å². The summed E-state index contributed by atoms with van der Waals surface area (Å²) in [6.07, 6.45) is 4.48. The lowest BCUT2D eigenvalue weighted by Gasteiger charge is -2.19. The Kier molecular flexibility index (Phi) is 4.30. The number of fused-ring (bicyclic) bond motifs is 3. The number of β-amino-alcohol motifs (C(OH)–C–C–N with tert-alkyl or cyclic N) is 1. The molecule has 0 spiro atoms. The van der Waals surface area contributed by atoms with Crippen LogP contribution in [-0.2, 0) is 11.3 Å². The van der Waals surface area contributed by atoms with Gasteiger partial charge in [0.1, 0.15) is 6.04 Å². The molecule has 0 unspecified atom stereocenters. The number of hydrogen-bond acceptors (Lipinski definition) is 3. The van der Waals surface area contributed by atoms with Gasteiger partial charge in [-0.1, -0.05) is 36.4 Å². The number of hydrogen-bond donors (Lipinski definition) is 2. The van der Waals surface area contributed by atoms with Crippen LogP contribution in [0.5, 0.6) is 0 Å². The molecule has 1 fully saturated rings. The smallest absolute Gasteiger partial charge is 0.324 e. The topological polar surface area (TPSA) is 74.6 Å². The fourth-order valence-electron chi connectivity index (χ4n) is 3.69. The summed E-state index contributed by atoms with van der Waals surface area (Å²) in [5.74, 6) is 1.99. The fourth-order valence-corrected chi connectivity index (χ4v) is 3.69. The first-order valence-corrected chi connectivity index (χ1v) is 8.79. The number of terminal acetylenes is 1. The molecule has 1 aromatic heterocycles. The van der Waals surface area contributed by atoms with Gasteiger partial charge in [-0.25, -0.2) is 4.79 Å². The van der Waals surface area contributed by atoms with Gasteiger partial charge in [0.15, 0.2) is 0 Å². The number of aromatic nitrogens is 1.